The Bertz CT molecular complexity index is 703. The summed E-state index contributed by atoms with van der Waals surface area (Å²) in [5, 5.41) is 5.44. The predicted octanol–water partition coefficient (Wildman–Crippen LogP) is 1.94. The third-order valence-electron chi connectivity index (χ3n) is 2.34. The molecule has 1 amide bonds. The molecular formula is C11H8F3N3O3. The molecular weight excluding hydrogens is 279 g/mol. The summed E-state index contributed by atoms with van der Waals surface area (Å²) in [7, 11) is 0. The quantitative estimate of drug-likeness (QED) is 0.883. The molecule has 0 saturated carbocycles. The number of aromatic amines is 1. The Hall–Kier alpha value is -2.58. The van der Waals surface area contributed by atoms with E-state index in [2.05, 4.69) is 9.68 Å². The van der Waals surface area contributed by atoms with E-state index in [1.807, 2.05) is 10.3 Å². The molecule has 2 rings (SSSR count). The van der Waals surface area contributed by atoms with Crippen LogP contribution in [0.3, 0.4) is 0 Å². The summed E-state index contributed by atoms with van der Waals surface area (Å²) in [5.74, 6) is -0.486. The second kappa shape index (κ2) is 4.83. The average molecular weight is 287 g/mol. The van der Waals surface area contributed by atoms with Crippen LogP contribution in [0.25, 0.3) is 0 Å². The van der Waals surface area contributed by atoms with Crippen molar-refractivity contribution in [2.75, 3.05) is 5.32 Å². The summed E-state index contributed by atoms with van der Waals surface area (Å²) in [6.45, 7) is 1.54. The molecule has 0 aliphatic carbocycles. The largest absolute Gasteiger partial charge is 0.417 e. The van der Waals surface area contributed by atoms with Crippen molar-refractivity contribution in [3.05, 3.63) is 45.7 Å². The maximum Gasteiger partial charge on any atom is 0.417 e. The number of alkyl halides is 3. The van der Waals surface area contributed by atoms with Crippen LogP contribution >= 0.6 is 0 Å². The number of rotatable bonds is 2. The van der Waals surface area contributed by atoms with Gasteiger partial charge < -0.3 is 14.8 Å². The lowest BCUT2D eigenvalue weighted by Gasteiger charge is -2.08. The maximum absolute atomic E-state index is 12.5. The number of nitrogens with zero attached hydrogens (tertiary/aromatic N) is 1. The topological polar surface area (TPSA) is 88.0 Å². The lowest BCUT2D eigenvalue weighted by Crippen LogP contribution is -2.21. The zero-order valence-electron chi connectivity index (χ0n) is 10.0. The van der Waals surface area contributed by atoms with Gasteiger partial charge in [0.2, 0.25) is 0 Å². The van der Waals surface area contributed by atoms with Crippen LogP contribution in [0.15, 0.2) is 27.6 Å². The second-order valence-corrected chi connectivity index (χ2v) is 3.91. The van der Waals surface area contributed by atoms with Gasteiger partial charge in [0, 0.05) is 12.3 Å². The molecule has 6 nitrogen and oxygen atoms in total. The van der Waals surface area contributed by atoms with Gasteiger partial charge in [0.05, 0.1) is 5.56 Å². The Morgan fingerprint density at radius 2 is 2.10 bits per heavy atom. The average Bonchev–Trinajstić information content (AvgIpc) is 2.77. The highest BCUT2D eigenvalue weighted by Crippen LogP contribution is 2.29. The number of hydrogen-bond donors (Lipinski definition) is 2. The molecule has 0 bridgehead atoms. The van der Waals surface area contributed by atoms with Gasteiger partial charge in [-0.2, -0.15) is 13.2 Å². The third-order valence-corrected chi connectivity index (χ3v) is 2.34. The van der Waals surface area contributed by atoms with E-state index in [4.69, 9.17) is 0 Å². The van der Waals surface area contributed by atoms with E-state index >= 15 is 0 Å². The molecule has 0 aliphatic heterocycles. The number of aromatic nitrogens is 2. The number of anilines is 1. The van der Waals surface area contributed by atoms with Gasteiger partial charge in [-0.3, -0.25) is 9.59 Å². The Labute approximate surface area is 109 Å². The molecule has 2 aromatic heterocycles. The van der Waals surface area contributed by atoms with Gasteiger partial charge >= 0.3 is 6.18 Å². The number of pyridine rings is 1. The highest BCUT2D eigenvalue weighted by atomic mass is 19.4. The fraction of sp³-hybridized carbons (Fsp3) is 0.182. The van der Waals surface area contributed by atoms with Crippen LogP contribution in [-0.4, -0.2) is 16.0 Å². The first kappa shape index (κ1) is 13.8. The van der Waals surface area contributed by atoms with E-state index in [1.165, 1.54) is 6.07 Å². The predicted molar refractivity (Wildman–Crippen MR) is 61.3 cm³/mol. The molecule has 2 aromatic rings. The van der Waals surface area contributed by atoms with Gasteiger partial charge in [0.1, 0.15) is 11.4 Å². The number of carbonyl (C=O) groups is 1. The molecule has 0 radical (unpaired) electrons. The van der Waals surface area contributed by atoms with E-state index in [0.717, 1.165) is 0 Å². The van der Waals surface area contributed by atoms with Gasteiger partial charge in [-0.05, 0) is 13.0 Å². The Balaban J connectivity index is 2.29. The van der Waals surface area contributed by atoms with E-state index in [-0.39, 0.29) is 5.69 Å². The Kier molecular flexibility index (Phi) is 3.35. The second-order valence-electron chi connectivity index (χ2n) is 3.91. The highest BCUT2D eigenvalue weighted by molar-refractivity contribution is 6.02. The van der Waals surface area contributed by atoms with Crippen molar-refractivity contribution >= 4 is 11.6 Å². The molecule has 0 unspecified atom stereocenters. The minimum absolute atomic E-state index is 0.140. The molecule has 0 aromatic carbocycles. The molecule has 0 fully saturated rings. The summed E-state index contributed by atoms with van der Waals surface area (Å²) < 4.78 is 42.2. The SMILES string of the molecule is Cc1cc(C(=O)Nc2cc(C(F)(F)F)c[nH]c2=O)no1. The summed E-state index contributed by atoms with van der Waals surface area (Å²) >= 11 is 0. The first-order valence-electron chi connectivity index (χ1n) is 5.32. The van der Waals surface area contributed by atoms with Gasteiger partial charge in [-0.1, -0.05) is 5.16 Å². The molecule has 2 heterocycles. The molecule has 2 N–H and O–H groups in total. The number of halogens is 3. The zero-order valence-corrected chi connectivity index (χ0v) is 10.0. The maximum atomic E-state index is 12.5. The molecule has 0 spiro atoms. The molecule has 0 atom stereocenters. The Morgan fingerprint density at radius 1 is 1.40 bits per heavy atom. The van der Waals surface area contributed by atoms with E-state index in [1.54, 1.807) is 6.92 Å². The van der Waals surface area contributed by atoms with Gasteiger partial charge in [0.25, 0.3) is 11.5 Å². The van der Waals surface area contributed by atoms with Crippen LogP contribution in [0.4, 0.5) is 18.9 Å². The lowest BCUT2D eigenvalue weighted by atomic mass is 10.2. The molecule has 106 valence electrons. The van der Waals surface area contributed by atoms with Crippen molar-refractivity contribution in [2.24, 2.45) is 0 Å². The molecule has 20 heavy (non-hydrogen) atoms. The first-order chi connectivity index (χ1) is 9.27. The molecule has 0 aliphatic rings. The zero-order chi connectivity index (χ0) is 14.9. The van der Waals surface area contributed by atoms with Crippen molar-refractivity contribution in [1.82, 2.24) is 10.1 Å². The molecule has 0 saturated heterocycles. The number of nitrogens with one attached hydrogen (secondary N) is 2. The Morgan fingerprint density at radius 3 is 2.65 bits per heavy atom. The summed E-state index contributed by atoms with van der Waals surface area (Å²) in [6.07, 6.45) is -4.10. The third kappa shape index (κ3) is 2.87. The first-order valence-corrected chi connectivity index (χ1v) is 5.32. The van der Waals surface area contributed by atoms with Gasteiger partial charge in [-0.15, -0.1) is 0 Å². The van der Waals surface area contributed by atoms with Crippen molar-refractivity contribution in [3.8, 4) is 0 Å². The fourth-order valence-electron chi connectivity index (χ4n) is 1.40. The summed E-state index contributed by atoms with van der Waals surface area (Å²) in [4.78, 5) is 25.0. The number of hydrogen-bond acceptors (Lipinski definition) is 4. The number of amides is 1. The van der Waals surface area contributed by atoms with E-state index in [0.29, 0.717) is 18.0 Å². The van der Waals surface area contributed by atoms with E-state index in [9.17, 15) is 22.8 Å². The van der Waals surface area contributed by atoms with Crippen LogP contribution in [-0.2, 0) is 6.18 Å². The normalized spacial score (nSPS) is 11.4. The summed E-state index contributed by atoms with van der Waals surface area (Å²) in [5.41, 5.74) is -2.60. The number of aryl methyl sites for hydroxylation is 1. The van der Waals surface area contributed by atoms with E-state index < -0.39 is 28.9 Å². The van der Waals surface area contributed by atoms with Crippen molar-refractivity contribution in [3.63, 3.8) is 0 Å². The van der Waals surface area contributed by atoms with Crippen molar-refractivity contribution < 1.29 is 22.5 Å². The minimum atomic E-state index is -4.63. The van der Waals surface area contributed by atoms with Crippen LogP contribution in [0.5, 0.6) is 0 Å². The number of H-pyrrole nitrogens is 1. The lowest BCUT2D eigenvalue weighted by molar-refractivity contribution is -0.137. The van der Waals surface area contributed by atoms with Crippen molar-refractivity contribution in [1.29, 1.82) is 0 Å². The highest BCUT2D eigenvalue weighted by Gasteiger charge is 2.31. The fourth-order valence-corrected chi connectivity index (χ4v) is 1.40. The number of carbonyl (C=O) groups excluding carboxylic acids is 1. The van der Waals surface area contributed by atoms with Crippen LogP contribution in [0.1, 0.15) is 21.8 Å². The standard InChI is InChI=1S/C11H8F3N3O3/c1-5-2-8(17-20-5)10(19)16-7-3-6(11(12,13)14)4-15-9(7)18/h2-4H,1H3,(H,15,18)(H,16,19). The smallest absolute Gasteiger partial charge is 0.361 e. The van der Waals surface area contributed by atoms with Crippen LogP contribution < -0.4 is 10.9 Å². The van der Waals surface area contributed by atoms with Crippen molar-refractivity contribution in [2.45, 2.75) is 13.1 Å². The minimum Gasteiger partial charge on any atom is -0.361 e. The monoisotopic (exact) mass is 287 g/mol. The summed E-state index contributed by atoms with van der Waals surface area (Å²) in [6, 6.07) is 1.83. The van der Waals surface area contributed by atoms with Gasteiger partial charge in [0.15, 0.2) is 5.69 Å². The van der Waals surface area contributed by atoms with Gasteiger partial charge in [-0.25, -0.2) is 0 Å². The molecule has 9 heteroatoms. The van der Waals surface area contributed by atoms with Crippen LogP contribution in [0, 0.1) is 6.92 Å². The van der Waals surface area contributed by atoms with Crippen LogP contribution in [0.2, 0.25) is 0 Å².